The second kappa shape index (κ2) is 8.46. The van der Waals surface area contributed by atoms with Crippen molar-refractivity contribution in [3.8, 4) is 0 Å². The van der Waals surface area contributed by atoms with Gasteiger partial charge in [0.05, 0.1) is 18.1 Å². The van der Waals surface area contributed by atoms with Crippen LogP contribution in [0, 0.1) is 0 Å². The zero-order valence-corrected chi connectivity index (χ0v) is 14.9. The molecule has 0 aliphatic carbocycles. The van der Waals surface area contributed by atoms with Crippen molar-refractivity contribution in [3.63, 3.8) is 0 Å². The van der Waals surface area contributed by atoms with Gasteiger partial charge in [-0.05, 0) is 16.7 Å². The summed E-state index contributed by atoms with van der Waals surface area (Å²) in [7, 11) is 0. The Hall–Kier alpha value is -2.90. The van der Waals surface area contributed by atoms with Crippen LogP contribution in [0.2, 0.25) is 0 Å². The van der Waals surface area contributed by atoms with Crippen molar-refractivity contribution in [2.24, 2.45) is 0 Å². The van der Waals surface area contributed by atoms with Crippen LogP contribution in [0.25, 0.3) is 0 Å². The fourth-order valence-electron chi connectivity index (χ4n) is 3.64. The first-order valence-electron chi connectivity index (χ1n) is 8.85. The Morgan fingerprint density at radius 3 is 1.38 bits per heavy atom. The first-order chi connectivity index (χ1) is 12.8. The summed E-state index contributed by atoms with van der Waals surface area (Å²) < 4.78 is 6.23. The van der Waals surface area contributed by atoms with Gasteiger partial charge in [0.15, 0.2) is 0 Å². The Balaban J connectivity index is 2.34. The Bertz CT molecular complexity index is 725. The van der Waals surface area contributed by atoms with Gasteiger partial charge in [-0.3, -0.25) is 0 Å². The molecule has 1 heteroatoms. The van der Waals surface area contributed by atoms with E-state index in [0.717, 1.165) is 0 Å². The Labute approximate surface area is 156 Å². The lowest BCUT2D eigenvalue weighted by Crippen LogP contribution is -2.42. The molecule has 0 N–H and O–H groups in total. The van der Waals surface area contributed by atoms with Crippen molar-refractivity contribution in [2.75, 3.05) is 6.61 Å². The summed E-state index contributed by atoms with van der Waals surface area (Å²) in [4.78, 5) is 0. The Kier molecular flexibility index (Phi) is 5.83. The second-order valence-electron chi connectivity index (χ2n) is 6.18. The highest BCUT2D eigenvalue weighted by Gasteiger charge is 2.43. The van der Waals surface area contributed by atoms with E-state index in [1.54, 1.807) is 6.08 Å². The van der Waals surface area contributed by atoms with Gasteiger partial charge in [0, 0.05) is 0 Å². The summed E-state index contributed by atoms with van der Waals surface area (Å²) in [6.07, 6.45) is 3.44. The number of benzene rings is 3. The third kappa shape index (κ3) is 3.26. The molecule has 0 heterocycles. The summed E-state index contributed by atoms with van der Waals surface area (Å²) >= 11 is 0. The van der Waals surface area contributed by atoms with E-state index < -0.39 is 5.41 Å². The Morgan fingerprint density at radius 1 is 0.692 bits per heavy atom. The van der Waals surface area contributed by atoms with Gasteiger partial charge >= 0.3 is 0 Å². The molecular weight excluding hydrogens is 316 g/mol. The van der Waals surface area contributed by atoms with Gasteiger partial charge in [-0.2, -0.15) is 0 Å². The first kappa shape index (κ1) is 17.9. The van der Waals surface area contributed by atoms with Crippen LogP contribution in [0.3, 0.4) is 0 Å². The summed E-state index contributed by atoms with van der Waals surface area (Å²) in [6.45, 7) is 8.37. The second-order valence-corrected chi connectivity index (χ2v) is 6.18. The monoisotopic (exact) mass is 340 g/mol. The van der Waals surface area contributed by atoms with Gasteiger partial charge < -0.3 is 4.74 Å². The van der Waals surface area contributed by atoms with Crippen LogP contribution in [0.15, 0.2) is 116 Å². The Morgan fingerprint density at radius 2 is 1.08 bits per heavy atom. The van der Waals surface area contributed by atoms with Crippen LogP contribution in [0.1, 0.15) is 16.7 Å². The molecule has 3 rings (SSSR count). The normalized spacial score (nSPS) is 12.3. The lowest BCUT2D eigenvalue weighted by atomic mass is 9.65. The van der Waals surface area contributed by atoms with Crippen molar-refractivity contribution >= 4 is 0 Å². The van der Waals surface area contributed by atoms with Crippen molar-refractivity contribution < 1.29 is 4.74 Å². The maximum Gasteiger partial charge on any atom is 0.0935 e. The van der Waals surface area contributed by atoms with Crippen molar-refractivity contribution in [1.29, 1.82) is 0 Å². The molecule has 0 saturated carbocycles. The quantitative estimate of drug-likeness (QED) is 0.373. The topological polar surface area (TPSA) is 9.23 Å². The average Bonchev–Trinajstić information content (AvgIpc) is 2.73. The minimum absolute atomic E-state index is 0.243. The SMILES string of the molecule is C=CCOC(C=C)C(c1ccccc1)(c1ccccc1)c1ccccc1. The highest BCUT2D eigenvalue weighted by Crippen LogP contribution is 2.43. The summed E-state index contributed by atoms with van der Waals surface area (Å²) in [5.74, 6) is 0. The molecule has 0 aliphatic rings. The lowest BCUT2D eigenvalue weighted by Gasteiger charge is -2.41. The molecule has 0 bridgehead atoms. The first-order valence-corrected chi connectivity index (χ1v) is 8.85. The molecule has 1 unspecified atom stereocenters. The molecule has 0 radical (unpaired) electrons. The largest absolute Gasteiger partial charge is 0.368 e. The summed E-state index contributed by atoms with van der Waals surface area (Å²) in [5.41, 5.74) is 3.03. The standard InChI is InChI=1S/C25H24O/c1-3-20-26-24(4-2)25(21-14-8-5-9-15-21,22-16-10-6-11-17-22)23-18-12-7-13-19-23/h3-19,24H,1-2,20H2. The number of rotatable bonds is 8. The van der Waals surface area contributed by atoms with E-state index in [1.807, 2.05) is 24.3 Å². The van der Waals surface area contributed by atoms with Crippen LogP contribution in [-0.2, 0) is 10.2 Å². The highest BCUT2D eigenvalue weighted by atomic mass is 16.5. The average molecular weight is 340 g/mol. The van der Waals surface area contributed by atoms with E-state index in [1.165, 1.54) is 16.7 Å². The molecule has 1 atom stereocenters. The maximum atomic E-state index is 6.23. The van der Waals surface area contributed by atoms with E-state index >= 15 is 0 Å². The molecular formula is C25H24O. The maximum absolute atomic E-state index is 6.23. The van der Waals surface area contributed by atoms with Crippen molar-refractivity contribution in [2.45, 2.75) is 11.5 Å². The van der Waals surface area contributed by atoms with Crippen molar-refractivity contribution in [3.05, 3.63) is 133 Å². The predicted octanol–water partition coefficient (Wildman–Crippen LogP) is 5.78. The predicted molar refractivity (Wildman–Crippen MR) is 109 cm³/mol. The van der Waals surface area contributed by atoms with Gasteiger partial charge in [-0.25, -0.2) is 0 Å². The van der Waals surface area contributed by atoms with E-state index in [-0.39, 0.29) is 6.10 Å². The summed E-state index contributed by atoms with van der Waals surface area (Å²) in [6, 6.07) is 31.5. The molecule has 3 aromatic rings. The van der Waals surface area contributed by atoms with Gasteiger partial charge in [0.25, 0.3) is 0 Å². The third-order valence-electron chi connectivity index (χ3n) is 4.72. The van der Waals surface area contributed by atoms with Crippen LogP contribution in [0.5, 0.6) is 0 Å². The zero-order chi connectivity index (χ0) is 18.2. The van der Waals surface area contributed by atoms with Crippen LogP contribution in [0.4, 0.5) is 0 Å². The van der Waals surface area contributed by atoms with Crippen molar-refractivity contribution in [1.82, 2.24) is 0 Å². The molecule has 26 heavy (non-hydrogen) atoms. The highest BCUT2D eigenvalue weighted by molar-refractivity contribution is 5.53. The molecule has 0 spiro atoms. The minimum Gasteiger partial charge on any atom is -0.368 e. The number of hydrogen-bond acceptors (Lipinski definition) is 1. The molecule has 0 aromatic heterocycles. The molecule has 1 nitrogen and oxygen atoms in total. The van der Waals surface area contributed by atoms with Gasteiger partial charge in [0.2, 0.25) is 0 Å². The molecule has 0 amide bonds. The third-order valence-corrected chi connectivity index (χ3v) is 4.72. The fourth-order valence-corrected chi connectivity index (χ4v) is 3.64. The van der Waals surface area contributed by atoms with E-state index in [2.05, 4.69) is 86.0 Å². The summed E-state index contributed by atoms with van der Waals surface area (Å²) in [5, 5.41) is 0. The van der Waals surface area contributed by atoms with E-state index in [0.29, 0.717) is 6.61 Å². The van der Waals surface area contributed by atoms with Crippen LogP contribution < -0.4 is 0 Å². The lowest BCUT2D eigenvalue weighted by molar-refractivity contribution is 0.0734. The molecule has 0 saturated heterocycles. The molecule has 130 valence electrons. The molecule has 0 aliphatic heterocycles. The van der Waals surface area contributed by atoms with E-state index in [9.17, 15) is 0 Å². The minimum atomic E-state index is -0.492. The van der Waals surface area contributed by atoms with E-state index in [4.69, 9.17) is 4.74 Å². The number of hydrogen-bond donors (Lipinski definition) is 0. The smallest absolute Gasteiger partial charge is 0.0935 e. The van der Waals surface area contributed by atoms with Gasteiger partial charge in [-0.1, -0.05) is 103 Å². The van der Waals surface area contributed by atoms with Crippen LogP contribution in [-0.4, -0.2) is 12.7 Å². The van der Waals surface area contributed by atoms with Gasteiger partial charge in [0.1, 0.15) is 0 Å². The molecule has 0 fully saturated rings. The fraction of sp³-hybridized carbons (Fsp3) is 0.120. The van der Waals surface area contributed by atoms with Gasteiger partial charge in [-0.15, -0.1) is 13.2 Å². The molecule has 3 aromatic carbocycles. The number of ether oxygens (including phenoxy) is 1. The zero-order valence-electron chi connectivity index (χ0n) is 14.9. The van der Waals surface area contributed by atoms with Crippen LogP contribution >= 0.6 is 0 Å².